The number of rotatable bonds is 2. The van der Waals surface area contributed by atoms with Crippen molar-refractivity contribution < 1.29 is 14.9 Å². The van der Waals surface area contributed by atoms with E-state index >= 15 is 0 Å². The predicted octanol–water partition coefficient (Wildman–Crippen LogP) is -0.500. The number of nitrogens with zero attached hydrogens (tertiary/aromatic N) is 1. The van der Waals surface area contributed by atoms with Crippen LogP contribution in [-0.2, 0) is 4.74 Å². The molecule has 3 unspecified atom stereocenters. The molecule has 3 N–H and O–H groups in total. The molecule has 0 amide bonds. The van der Waals surface area contributed by atoms with Crippen LogP contribution in [0.3, 0.4) is 0 Å². The summed E-state index contributed by atoms with van der Waals surface area (Å²) >= 11 is 3.03. The topological polar surface area (TPSA) is 105 Å². The lowest BCUT2D eigenvalue weighted by atomic mass is 10.2. The fourth-order valence-corrected chi connectivity index (χ4v) is 2.00. The third kappa shape index (κ3) is 2.46. The van der Waals surface area contributed by atoms with Gasteiger partial charge >= 0.3 is 5.69 Å². The summed E-state index contributed by atoms with van der Waals surface area (Å²) in [5, 5.41) is 18.6. The highest BCUT2D eigenvalue weighted by molar-refractivity contribution is 9.11. The lowest BCUT2D eigenvalue weighted by Crippen LogP contribution is -2.33. The average Bonchev–Trinajstić information content (AvgIpc) is 2.63. The number of hydrogen-bond acceptors (Lipinski definition) is 5. The largest absolute Gasteiger partial charge is 0.388 e. The monoisotopic (exact) mass is 318 g/mol. The van der Waals surface area contributed by atoms with Gasteiger partial charge in [-0.1, -0.05) is 15.9 Å². The first-order valence-electron chi connectivity index (χ1n) is 5.16. The van der Waals surface area contributed by atoms with Crippen molar-refractivity contribution in [1.82, 2.24) is 9.55 Å². The molecule has 1 aliphatic heterocycles. The van der Waals surface area contributed by atoms with Crippen LogP contribution in [0.2, 0.25) is 0 Å². The zero-order valence-corrected chi connectivity index (χ0v) is 10.7. The fraction of sp³-hybridized carbons (Fsp3) is 0.400. The Labute approximate surface area is 109 Å². The van der Waals surface area contributed by atoms with E-state index < -0.39 is 29.9 Å². The van der Waals surface area contributed by atoms with Crippen LogP contribution in [0.1, 0.15) is 18.2 Å². The summed E-state index contributed by atoms with van der Waals surface area (Å²) in [5.41, 5.74) is -0.921. The van der Waals surface area contributed by atoms with Gasteiger partial charge in [-0.05, 0) is 11.1 Å². The molecule has 0 spiro atoms. The summed E-state index contributed by atoms with van der Waals surface area (Å²) in [6.45, 7) is 0. The number of aromatic amines is 1. The molecule has 2 heterocycles. The first-order chi connectivity index (χ1) is 8.52. The van der Waals surface area contributed by atoms with Crippen molar-refractivity contribution in [3.8, 4) is 0 Å². The molecule has 1 fully saturated rings. The maximum Gasteiger partial charge on any atom is 0.330 e. The van der Waals surface area contributed by atoms with Gasteiger partial charge in [0.1, 0.15) is 12.3 Å². The zero-order valence-electron chi connectivity index (χ0n) is 9.12. The zero-order chi connectivity index (χ0) is 13.3. The van der Waals surface area contributed by atoms with Crippen LogP contribution >= 0.6 is 15.9 Å². The van der Waals surface area contributed by atoms with Crippen LogP contribution in [0, 0.1) is 0 Å². The third-order valence-electron chi connectivity index (χ3n) is 2.62. The Bertz CT molecular complexity index is 568. The van der Waals surface area contributed by atoms with Gasteiger partial charge in [0.15, 0.2) is 6.29 Å². The van der Waals surface area contributed by atoms with Crippen LogP contribution in [-0.4, -0.2) is 32.2 Å². The Morgan fingerprint density at radius 3 is 2.78 bits per heavy atom. The van der Waals surface area contributed by atoms with Gasteiger partial charge < -0.3 is 14.9 Å². The minimum absolute atomic E-state index is 0.0740. The van der Waals surface area contributed by atoms with E-state index in [1.807, 2.05) is 0 Å². The highest BCUT2D eigenvalue weighted by Gasteiger charge is 2.34. The molecular formula is C10H11BrN2O5. The maximum atomic E-state index is 11.6. The summed E-state index contributed by atoms with van der Waals surface area (Å²) in [6, 6.07) is 0. The number of aliphatic hydroxyl groups excluding tert-OH is 2. The van der Waals surface area contributed by atoms with Crippen LogP contribution < -0.4 is 11.2 Å². The lowest BCUT2D eigenvalue weighted by Gasteiger charge is -2.13. The van der Waals surface area contributed by atoms with Crippen molar-refractivity contribution in [3.05, 3.63) is 37.6 Å². The molecule has 0 saturated carbocycles. The molecule has 98 valence electrons. The normalized spacial score (nSPS) is 28.1. The highest BCUT2D eigenvalue weighted by Crippen LogP contribution is 2.25. The molecule has 2 rings (SSSR count). The van der Waals surface area contributed by atoms with Crippen LogP contribution in [0.4, 0.5) is 0 Å². The predicted molar refractivity (Wildman–Crippen MR) is 66.0 cm³/mol. The van der Waals surface area contributed by atoms with Gasteiger partial charge in [0.2, 0.25) is 0 Å². The summed E-state index contributed by atoms with van der Waals surface area (Å²) in [4.78, 5) is 26.7. The number of nitrogens with one attached hydrogen (secondary N) is 1. The van der Waals surface area contributed by atoms with Gasteiger partial charge in [0.05, 0.1) is 5.56 Å². The van der Waals surface area contributed by atoms with E-state index in [9.17, 15) is 19.8 Å². The Balaban J connectivity index is 2.42. The first kappa shape index (κ1) is 13.2. The van der Waals surface area contributed by atoms with Crippen LogP contribution in [0.15, 0.2) is 20.8 Å². The summed E-state index contributed by atoms with van der Waals surface area (Å²) < 4.78 is 6.15. The molecule has 8 heteroatoms. The number of ether oxygens (including phenoxy) is 1. The smallest absolute Gasteiger partial charge is 0.330 e. The van der Waals surface area contributed by atoms with E-state index in [-0.39, 0.29) is 12.0 Å². The second-order valence-electron chi connectivity index (χ2n) is 3.83. The van der Waals surface area contributed by atoms with Gasteiger partial charge in [-0.3, -0.25) is 14.3 Å². The van der Waals surface area contributed by atoms with Crippen molar-refractivity contribution >= 4 is 22.0 Å². The molecule has 0 radical (unpaired) electrons. The third-order valence-corrected chi connectivity index (χ3v) is 2.88. The quantitative estimate of drug-likeness (QED) is 0.682. The fourth-order valence-electron chi connectivity index (χ4n) is 1.71. The SMILES string of the molecule is O=c1[nH]c(=O)n(C2CC(O)C(O)O2)cc1/C=C/Br. The van der Waals surface area contributed by atoms with Gasteiger partial charge in [-0.2, -0.15) is 0 Å². The molecule has 1 aromatic rings. The second-order valence-corrected chi connectivity index (χ2v) is 4.36. The van der Waals surface area contributed by atoms with E-state index in [4.69, 9.17) is 4.74 Å². The van der Waals surface area contributed by atoms with Gasteiger partial charge in [-0.25, -0.2) is 4.79 Å². The number of hydrogen-bond donors (Lipinski definition) is 3. The Kier molecular flexibility index (Phi) is 3.81. The van der Waals surface area contributed by atoms with Crippen molar-refractivity contribution in [2.75, 3.05) is 0 Å². The highest BCUT2D eigenvalue weighted by atomic mass is 79.9. The van der Waals surface area contributed by atoms with E-state index in [0.717, 1.165) is 4.57 Å². The van der Waals surface area contributed by atoms with Crippen LogP contribution in [0.25, 0.3) is 6.08 Å². The molecule has 0 aromatic carbocycles. The molecule has 0 aliphatic carbocycles. The summed E-state index contributed by atoms with van der Waals surface area (Å²) in [5.74, 6) is 0. The van der Waals surface area contributed by atoms with Gasteiger partial charge in [0, 0.05) is 12.6 Å². The Morgan fingerprint density at radius 2 is 2.22 bits per heavy atom. The lowest BCUT2D eigenvalue weighted by molar-refractivity contribution is -0.142. The average molecular weight is 319 g/mol. The van der Waals surface area contributed by atoms with Crippen molar-refractivity contribution in [1.29, 1.82) is 0 Å². The molecule has 1 aromatic heterocycles. The van der Waals surface area contributed by atoms with E-state index in [1.165, 1.54) is 17.3 Å². The Morgan fingerprint density at radius 1 is 1.50 bits per heavy atom. The number of aliphatic hydroxyl groups is 2. The van der Waals surface area contributed by atoms with Crippen molar-refractivity contribution in [2.45, 2.75) is 25.0 Å². The number of halogens is 1. The molecule has 1 aliphatic rings. The molecule has 0 bridgehead atoms. The molecule has 18 heavy (non-hydrogen) atoms. The summed E-state index contributed by atoms with van der Waals surface area (Å²) in [7, 11) is 0. The maximum absolute atomic E-state index is 11.6. The minimum atomic E-state index is -1.33. The minimum Gasteiger partial charge on any atom is -0.388 e. The molecular weight excluding hydrogens is 308 g/mol. The molecule has 3 atom stereocenters. The number of H-pyrrole nitrogens is 1. The standard InChI is InChI=1S/C10H11BrN2O5/c11-2-1-5-4-13(10(17)12-8(5)15)7-3-6(14)9(16)18-7/h1-2,4,6-7,9,14,16H,3H2,(H,12,15,17)/b2-1+. The second kappa shape index (κ2) is 5.19. The Hall–Kier alpha value is -1.22. The van der Waals surface area contributed by atoms with Crippen molar-refractivity contribution in [2.24, 2.45) is 0 Å². The molecule has 1 saturated heterocycles. The molecule has 7 nitrogen and oxygen atoms in total. The van der Waals surface area contributed by atoms with Crippen molar-refractivity contribution in [3.63, 3.8) is 0 Å². The first-order valence-corrected chi connectivity index (χ1v) is 6.08. The number of aromatic nitrogens is 2. The summed E-state index contributed by atoms with van der Waals surface area (Å²) in [6.07, 6.45) is -0.329. The van der Waals surface area contributed by atoms with E-state index in [1.54, 1.807) is 0 Å². The van der Waals surface area contributed by atoms with Gasteiger partial charge in [-0.15, -0.1) is 0 Å². The van der Waals surface area contributed by atoms with E-state index in [0.29, 0.717) is 0 Å². The van der Waals surface area contributed by atoms with Crippen LogP contribution in [0.5, 0.6) is 0 Å². The van der Waals surface area contributed by atoms with Gasteiger partial charge in [0.25, 0.3) is 5.56 Å². The van der Waals surface area contributed by atoms with E-state index in [2.05, 4.69) is 20.9 Å².